The van der Waals surface area contributed by atoms with Crippen LogP contribution in [0.5, 0.6) is 11.5 Å². The average Bonchev–Trinajstić information content (AvgIpc) is 1.44. The van der Waals surface area contributed by atoms with Crippen LogP contribution in [-0.4, -0.2) is 9.55 Å². The fourth-order valence-corrected chi connectivity index (χ4v) is 12.9. The molecule has 2 aromatic heterocycles. The summed E-state index contributed by atoms with van der Waals surface area (Å²) in [5.41, 5.74) is 12.7. The van der Waals surface area contributed by atoms with Gasteiger partial charge in [0.15, 0.2) is 0 Å². The van der Waals surface area contributed by atoms with Gasteiger partial charge >= 0.3 is 0 Å². The van der Waals surface area contributed by atoms with E-state index in [0.29, 0.717) is 61.5 Å². The minimum atomic E-state index is -2.68. The zero-order valence-electron chi connectivity index (χ0n) is 59.1. The first kappa shape index (κ1) is 41.3. The summed E-state index contributed by atoms with van der Waals surface area (Å²) < 4.78 is 116. The first-order chi connectivity index (χ1) is 45.1. The molecule has 0 unspecified atom stereocenters. The van der Waals surface area contributed by atoms with Crippen LogP contribution >= 0.6 is 0 Å². The minimum absolute atomic E-state index is 0. The van der Waals surface area contributed by atoms with E-state index in [0.717, 1.165) is 67.0 Å². The Morgan fingerprint density at radius 1 is 0.571 bits per heavy atom. The maximum absolute atomic E-state index is 9.77. The number of ether oxygens (including phenoxy) is 1. The molecule has 15 rings (SSSR count). The van der Waals surface area contributed by atoms with Crippen LogP contribution in [0.25, 0.3) is 61.0 Å². The van der Waals surface area contributed by atoms with E-state index in [-0.39, 0.29) is 73.0 Å². The van der Waals surface area contributed by atoms with Crippen molar-refractivity contribution in [3.05, 3.63) is 293 Å². The molecule has 10 aromatic carbocycles. The first-order valence-electron chi connectivity index (χ1n) is 34.0. The van der Waals surface area contributed by atoms with Gasteiger partial charge in [-0.2, -0.15) is 12.1 Å². The van der Waals surface area contributed by atoms with E-state index in [1.165, 1.54) is 6.07 Å². The second kappa shape index (κ2) is 20.0. The molecule has 414 valence electrons. The molecule has 0 saturated carbocycles. The molecule has 0 bridgehead atoms. The molecule has 12 aromatic rings. The molecule has 0 amide bonds. The Balaban J connectivity index is 0.00000792. The van der Waals surface area contributed by atoms with Gasteiger partial charge in [-0.15, -0.1) is 48.1 Å². The monoisotopic (exact) mass is 1280 g/mol. The van der Waals surface area contributed by atoms with Gasteiger partial charge in [-0.25, -0.2) is 4.98 Å². The summed E-state index contributed by atoms with van der Waals surface area (Å²) in [5, 5.41) is 0.866. The van der Waals surface area contributed by atoms with Gasteiger partial charge < -0.3 is 19.1 Å². The standard InChI is InChI=1S/C78H63N4O.Pt/c1-49-39-50(2)41-53(40-49)63-43-55(77(6,7)8)44-64(61-27-20-31-68-74(61)62-26-11-15-30-67(62)78(68)65-28-13-9-21-51(65)42-52-22-10-14-29-66(52)78)75(63)81-48-80(70-33-17-18-34-71(70)81)56-23-19-24-57(45-56)83-58-36-37-60-59-25-12-16-32-69(59)82(72(60)46-58)73-38-35-54(47-79-73)76(3,4)5;/h9-41,43-44,47-48H,42H2,1-8H3;/q-3;/i1D3,2D3,12D,16D,25D,32D,42D2;. The molecular formula is C78H63N4OPt-3. The fourth-order valence-electron chi connectivity index (χ4n) is 12.9. The van der Waals surface area contributed by atoms with Gasteiger partial charge in [0.2, 0.25) is 0 Å². The SMILES string of the molecule is [2H]c1c([2H])c([2H])c2c(c1[2H])c1ccc(Oc3[c-]c(N4[CH-]N(c5c(-c6cc(C([2H])([2H])[2H])cc(C([2H])([2H])[2H])c6)cc(C(C)(C)C)cc5-c5cccc6c5-c5ccccc5C65c6ccccc6C([2H])([2H])c6ccccc65)c5ccccc54)ccc3)[c-]c1n2-c1ccc(C(C)(C)C)cn1.[Pt]. The Hall–Kier alpha value is -8.76. The number of hydrogen-bond donors (Lipinski definition) is 0. The van der Waals surface area contributed by atoms with E-state index in [9.17, 15) is 2.74 Å². The normalized spacial score (nSPS) is 16.8. The van der Waals surface area contributed by atoms with Gasteiger partial charge in [-0.1, -0.05) is 204 Å². The molecule has 2 aliphatic carbocycles. The molecule has 0 radical (unpaired) electrons. The van der Waals surface area contributed by atoms with Crippen LogP contribution in [0, 0.1) is 32.5 Å². The summed E-state index contributed by atoms with van der Waals surface area (Å²) in [6, 6.07) is 65.8. The fraction of sp³-hybridized carbons (Fsp3) is 0.154. The average molecular weight is 1280 g/mol. The van der Waals surface area contributed by atoms with Gasteiger partial charge in [-0.3, -0.25) is 0 Å². The van der Waals surface area contributed by atoms with Crippen molar-refractivity contribution in [1.82, 2.24) is 9.55 Å². The van der Waals surface area contributed by atoms with Crippen LogP contribution in [0.15, 0.2) is 218 Å². The Kier molecular flexibility index (Phi) is 9.81. The van der Waals surface area contributed by atoms with Crippen molar-refractivity contribution < 1.29 is 42.3 Å². The molecular weight excluding hydrogens is 1200 g/mol. The molecule has 0 N–H and O–H groups in total. The summed E-state index contributed by atoms with van der Waals surface area (Å²) >= 11 is 0. The molecule has 0 fully saturated rings. The molecule has 3 heterocycles. The van der Waals surface area contributed by atoms with E-state index < -0.39 is 30.9 Å². The number of benzene rings is 10. The Morgan fingerprint density at radius 3 is 1.92 bits per heavy atom. The molecule has 5 nitrogen and oxygen atoms in total. The third-order valence-corrected chi connectivity index (χ3v) is 16.7. The largest absolute Gasteiger partial charge is 0.509 e. The van der Waals surface area contributed by atoms with Crippen molar-refractivity contribution in [2.45, 2.75) is 77.9 Å². The maximum atomic E-state index is 9.77. The number of hydrogen-bond acceptors (Lipinski definition) is 4. The zero-order valence-corrected chi connectivity index (χ0v) is 49.3. The predicted molar refractivity (Wildman–Crippen MR) is 342 cm³/mol. The van der Waals surface area contributed by atoms with Crippen LogP contribution in [0.2, 0.25) is 0 Å². The van der Waals surface area contributed by atoms with Gasteiger partial charge in [-0.05, 0) is 139 Å². The second-order valence-electron chi connectivity index (χ2n) is 23.9. The topological polar surface area (TPSA) is 33.5 Å². The van der Waals surface area contributed by atoms with Crippen molar-refractivity contribution >= 4 is 44.6 Å². The van der Waals surface area contributed by atoms with Crippen LogP contribution in [0.4, 0.5) is 22.7 Å². The number of fused-ring (bicyclic) bond motifs is 13. The number of aryl methyl sites for hydroxylation is 2. The maximum Gasteiger partial charge on any atom is 0.135 e. The third kappa shape index (κ3) is 8.41. The van der Waals surface area contributed by atoms with Crippen LogP contribution in [0.3, 0.4) is 0 Å². The molecule has 6 heteroatoms. The van der Waals surface area contributed by atoms with Crippen molar-refractivity contribution in [2.75, 3.05) is 9.80 Å². The summed E-state index contributed by atoms with van der Waals surface area (Å²) in [5.74, 6) is 1.05. The summed E-state index contributed by atoms with van der Waals surface area (Å²) in [7, 11) is 0. The van der Waals surface area contributed by atoms with Crippen LogP contribution in [0.1, 0.15) is 114 Å². The molecule has 3 aliphatic rings. The smallest absolute Gasteiger partial charge is 0.135 e. The third-order valence-electron chi connectivity index (χ3n) is 16.7. The Labute approximate surface area is 525 Å². The first-order valence-corrected chi connectivity index (χ1v) is 28.0. The van der Waals surface area contributed by atoms with Crippen LogP contribution in [-0.2, 0) is 43.7 Å². The van der Waals surface area contributed by atoms with E-state index in [2.05, 4.69) is 113 Å². The quantitative estimate of drug-likeness (QED) is 0.149. The van der Waals surface area contributed by atoms with E-state index in [1.807, 2.05) is 109 Å². The summed E-state index contributed by atoms with van der Waals surface area (Å²) in [6.45, 7) is 9.25. The van der Waals surface area contributed by atoms with Gasteiger partial charge in [0.05, 0.1) is 10.9 Å². The number of pyridine rings is 1. The molecule has 0 saturated heterocycles. The summed E-state index contributed by atoms with van der Waals surface area (Å²) in [6.07, 6.45) is -0.0379. The van der Waals surface area contributed by atoms with Crippen molar-refractivity contribution in [3.8, 4) is 50.7 Å². The Bertz CT molecular complexity index is 5120. The van der Waals surface area contributed by atoms with E-state index >= 15 is 0 Å². The Morgan fingerprint density at radius 2 is 1.20 bits per heavy atom. The summed E-state index contributed by atoms with van der Waals surface area (Å²) in [4.78, 5) is 8.94. The second-order valence-corrected chi connectivity index (χ2v) is 23.9. The molecule has 84 heavy (non-hydrogen) atoms. The van der Waals surface area contributed by atoms with Crippen molar-refractivity contribution in [2.24, 2.45) is 0 Å². The number of aromatic nitrogens is 2. The minimum Gasteiger partial charge on any atom is -0.509 e. The van der Waals surface area contributed by atoms with E-state index in [1.54, 1.807) is 41.1 Å². The van der Waals surface area contributed by atoms with Gasteiger partial charge in [0.1, 0.15) is 5.82 Å². The number of anilines is 4. The van der Waals surface area contributed by atoms with E-state index in [4.69, 9.17) is 23.4 Å². The number of nitrogens with zero attached hydrogens (tertiary/aromatic N) is 4. The molecule has 0 atom stereocenters. The predicted octanol–water partition coefficient (Wildman–Crippen LogP) is 19.8. The zero-order chi connectivity index (χ0) is 66.8. The van der Waals surface area contributed by atoms with Crippen LogP contribution < -0.4 is 14.5 Å². The number of rotatable bonds is 7. The van der Waals surface area contributed by atoms with Crippen molar-refractivity contribution in [1.29, 1.82) is 0 Å². The van der Waals surface area contributed by atoms with Crippen molar-refractivity contribution in [3.63, 3.8) is 0 Å². The molecule has 1 spiro atoms. The number of para-hydroxylation sites is 3. The van der Waals surface area contributed by atoms with Gasteiger partial charge in [0, 0.05) is 83.4 Å². The van der Waals surface area contributed by atoms with Gasteiger partial charge in [0.25, 0.3) is 0 Å². The molecule has 1 aliphatic heterocycles.